The zero-order chi connectivity index (χ0) is 10.8. The van der Waals surface area contributed by atoms with Crippen LogP contribution in [0, 0.1) is 11.3 Å². The molecule has 0 amide bonds. The van der Waals surface area contributed by atoms with Gasteiger partial charge in [0, 0.05) is 4.47 Å². The van der Waals surface area contributed by atoms with Crippen molar-refractivity contribution in [3.63, 3.8) is 0 Å². The van der Waals surface area contributed by atoms with E-state index in [4.69, 9.17) is 10.4 Å². The third-order valence-electron chi connectivity index (χ3n) is 2.07. The number of carboxylic acids is 1. The summed E-state index contributed by atoms with van der Waals surface area (Å²) in [5, 5.41) is 17.8. The Labute approximate surface area is 90.1 Å². The van der Waals surface area contributed by atoms with E-state index in [0.717, 1.165) is 4.47 Å². The summed E-state index contributed by atoms with van der Waals surface area (Å²) in [7, 11) is 0. The van der Waals surface area contributed by atoms with Crippen LogP contribution < -0.4 is 0 Å². The average Bonchev–Trinajstić information content (AvgIpc) is 2.17. The summed E-state index contributed by atoms with van der Waals surface area (Å²) in [6.07, 6.45) is 0. The average molecular weight is 254 g/mol. The van der Waals surface area contributed by atoms with E-state index >= 15 is 0 Å². The normalized spacial score (nSPS) is 14.1. The molecule has 1 aromatic rings. The van der Waals surface area contributed by atoms with Crippen molar-refractivity contribution in [1.29, 1.82) is 5.26 Å². The Morgan fingerprint density at radius 1 is 1.50 bits per heavy atom. The highest BCUT2D eigenvalue weighted by atomic mass is 79.9. The monoisotopic (exact) mass is 253 g/mol. The topological polar surface area (TPSA) is 61.1 Å². The van der Waals surface area contributed by atoms with Crippen LogP contribution in [0.4, 0.5) is 0 Å². The highest BCUT2D eigenvalue weighted by molar-refractivity contribution is 9.10. The molecule has 4 heteroatoms. The molecule has 14 heavy (non-hydrogen) atoms. The first-order valence-electron chi connectivity index (χ1n) is 3.91. The predicted molar refractivity (Wildman–Crippen MR) is 54.7 cm³/mol. The number of carboxylic acid groups (broad SMARTS) is 1. The van der Waals surface area contributed by atoms with Gasteiger partial charge >= 0.3 is 5.97 Å². The van der Waals surface area contributed by atoms with E-state index in [1.54, 1.807) is 30.3 Å². The molecule has 0 aliphatic heterocycles. The standard InChI is InChI=1S/C10H8BrNO2/c1-10(6-12,9(13)14)7-2-4-8(11)5-3-7/h2-5H,1H3,(H,13,14). The summed E-state index contributed by atoms with van der Waals surface area (Å²) in [6.45, 7) is 1.39. The Balaban J connectivity index is 3.22. The molecular formula is C10H8BrNO2. The Morgan fingerprint density at radius 2 is 2.00 bits per heavy atom. The van der Waals surface area contributed by atoms with Gasteiger partial charge in [-0.15, -0.1) is 0 Å². The second-order valence-corrected chi connectivity index (χ2v) is 3.96. The van der Waals surface area contributed by atoms with E-state index in [9.17, 15) is 4.79 Å². The van der Waals surface area contributed by atoms with Gasteiger partial charge in [0.2, 0.25) is 0 Å². The van der Waals surface area contributed by atoms with Gasteiger partial charge in [-0.05, 0) is 24.6 Å². The number of halogens is 1. The van der Waals surface area contributed by atoms with Crippen LogP contribution in [-0.4, -0.2) is 11.1 Å². The molecule has 0 saturated carbocycles. The molecule has 0 radical (unpaired) electrons. The Kier molecular flexibility index (Phi) is 2.92. The molecule has 3 nitrogen and oxygen atoms in total. The lowest BCUT2D eigenvalue weighted by molar-refractivity contribution is -0.141. The van der Waals surface area contributed by atoms with Crippen molar-refractivity contribution in [2.24, 2.45) is 0 Å². The van der Waals surface area contributed by atoms with Gasteiger partial charge in [0.25, 0.3) is 0 Å². The van der Waals surface area contributed by atoms with Gasteiger partial charge in [-0.1, -0.05) is 28.1 Å². The van der Waals surface area contributed by atoms with Crippen LogP contribution in [0.25, 0.3) is 0 Å². The molecule has 0 bridgehead atoms. The fourth-order valence-electron chi connectivity index (χ4n) is 1.02. The molecule has 0 spiro atoms. The molecule has 72 valence electrons. The van der Waals surface area contributed by atoms with Gasteiger partial charge in [-0.3, -0.25) is 4.79 Å². The van der Waals surface area contributed by atoms with Crippen LogP contribution in [0.2, 0.25) is 0 Å². The van der Waals surface area contributed by atoms with Crippen LogP contribution in [0.3, 0.4) is 0 Å². The lowest BCUT2D eigenvalue weighted by Gasteiger charge is -2.16. The predicted octanol–water partition coefficient (Wildman–Crippen LogP) is 2.31. The molecule has 1 rings (SSSR count). The van der Waals surface area contributed by atoms with Crippen molar-refractivity contribution in [2.75, 3.05) is 0 Å². The zero-order valence-electron chi connectivity index (χ0n) is 7.49. The molecule has 1 aromatic carbocycles. The molecule has 1 atom stereocenters. The minimum Gasteiger partial charge on any atom is -0.480 e. The maximum Gasteiger partial charge on any atom is 0.328 e. The van der Waals surface area contributed by atoms with E-state index in [2.05, 4.69) is 15.9 Å². The van der Waals surface area contributed by atoms with Gasteiger partial charge in [-0.25, -0.2) is 0 Å². The van der Waals surface area contributed by atoms with Gasteiger partial charge < -0.3 is 5.11 Å². The maximum absolute atomic E-state index is 10.9. The first kappa shape index (κ1) is 10.7. The third-order valence-corrected chi connectivity index (χ3v) is 2.60. The molecule has 0 saturated heterocycles. The van der Waals surface area contributed by atoms with Crippen molar-refractivity contribution in [3.05, 3.63) is 34.3 Å². The van der Waals surface area contributed by atoms with Crippen LogP contribution in [-0.2, 0) is 10.2 Å². The smallest absolute Gasteiger partial charge is 0.328 e. The molecule has 0 fully saturated rings. The fraction of sp³-hybridized carbons (Fsp3) is 0.200. The Hall–Kier alpha value is -1.34. The zero-order valence-corrected chi connectivity index (χ0v) is 9.08. The van der Waals surface area contributed by atoms with Crippen molar-refractivity contribution in [2.45, 2.75) is 12.3 Å². The summed E-state index contributed by atoms with van der Waals surface area (Å²) in [5.74, 6) is -1.14. The lowest BCUT2D eigenvalue weighted by Crippen LogP contribution is -2.30. The largest absolute Gasteiger partial charge is 0.480 e. The number of rotatable bonds is 2. The first-order chi connectivity index (χ1) is 6.50. The SMILES string of the molecule is CC(C#N)(C(=O)O)c1ccc(Br)cc1. The highest BCUT2D eigenvalue weighted by Gasteiger charge is 2.35. The number of hydrogen-bond donors (Lipinski definition) is 1. The second kappa shape index (κ2) is 3.81. The van der Waals surface area contributed by atoms with Crippen LogP contribution in [0.1, 0.15) is 12.5 Å². The number of benzene rings is 1. The quantitative estimate of drug-likeness (QED) is 0.880. The van der Waals surface area contributed by atoms with Crippen molar-refractivity contribution < 1.29 is 9.90 Å². The third kappa shape index (κ3) is 1.78. The summed E-state index contributed by atoms with van der Waals surface area (Å²) in [6, 6.07) is 8.48. The molecule has 0 aromatic heterocycles. The second-order valence-electron chi connectivity index (χ2n) is 3.05. The van der Waals surface area contributed by atoms with Gasteiger partial charge in [0.1, 0.15) is 0 Å². The molecule has 1 N–H and O–H groups in total. The number of aliphatic carboxylic acids is 1. The molecule has 0 aliphatic rings. The Bertz CT molecular complexity index is 394. The highest BCUT2D eigenvalue weighted by Crippen LogP contribution is 2.24. The number of carbonyl (C=O) groups is 1. The fourth-order valence-corrected chi connectivity index (χ4v) is 1.28. The number of hydrogen-bond acceptors (Lipinski definition) is 2. The van der Waals surface area contributed by atoms with E-state index in [1.807, 2.05) is 0 Å². The van der Waals surface area contributed by atoms with Crippen LogP contribution in [0.15, 0.2) is 28.7 Å². The molecule has 0 heterocycles. The number of nitrogens with zero attached hydrogens (tertiary/aromatic N) is 1. The minimum atomic E-state index is -1.47. The van der Waals surface area contributed by atoms with Crippen molar-refractivity contribution in [1.82, 2.24) is 0 Å². The summed E-state index contributed by atoms with van der Waals surface area (Å²) < 4.78 is 0.854. The Morgan fingerprint density at radius 3 is 2.36 bits per heavy atom. The summed E-state index contributed by atoms with van der Waals surface area (Å²) in [4.78, 5) is 10.9. The van der Waals surface area contributed by atoms with E-state index in [-0.39, 0.29) is 0 Å². The van der Waals surface area contributed by atoms with Gasteiger partial charge in [-0.2, -0.15) is 5.26 Å². The number of nitriles is 1. The van der Waals surface area contributed by atoms with Crippen LogP contribution in [0.5, 0.6) is 0 Å². The molecular weight excluding hydrogens is 246 g/mol. The van der Waals surface area contributed by atoms with Gasteiger partial charge in [0.05, 0.1) is 6.07 Å². The van der Waals surface area contributed by atoms with E-state index in [0.29, 0.717) is 5.56 Å². The summed E-state index contributed by atoms with van der Waals surface area (Å²) >= 11 is 3.24. The molecule has 0 aliphatic carbocycles. The first-order valence-corrected chi connectivity index (χ1v) is 4.70. The summed E-state index contributed by atoms with van der Waals surface area (Å²) in [5.41, 5.74) is -0.989. The van der Waals surface area contributed by atoms with Crippen molar-refractivity contribution in [3.8, 4) is 6.07 Å². The maximum atomic E-state index is 10.9. The van der Waals surface area contributed by atoms with Crippen LogP contribution >= 0.6 is 15.9 Å². The van der Waals surface area contributed by atoms with E-state index in [1.165, 1.54) is 6.92 Å². The molecule has 1 unspecified atom stereocenters. The van der Waals surface area contributed by atoms with Gasteiger partial charge in [0.15, 0.2) is 5.41 Å². The lowest BCUT2D eigenvalue weighted by atomic mass is 9.84. The van der Waals surface area contributed by atoms with Crippen molar-refractivity contribution >= 4 is 21.9 Å². The van der Waals surface area contributed by atoms with E-state index < -0.39 is 11.4 Å². The minimum absolute atomic E-state index is 0.482.